The molecule has 4 nitrogen and oxygen atoms in total. The molecule has 0 fully saturated rings. The second kappa shape index (κ2) is 8.64. The third kappa shape index (κ3) is 4.93. The Morgan fingerprint density at radius 3 is 2.33 bits per heavy atom. The van der Waals surface area contributed by atoms with Crippen LogP contribution >= 0.6 is 15.9 Å². The first-order valence-corrected chi connectivity index (χ1v) is 8.65. The van der Waals surface area contributed by atoms with E-state index in [-0.39, 0.29) is 24.3 Å². The van der Waals surface area contributed by atoms with Gasteiger partial charge < -0.3 is 10.2 Å². The number of carbonyl (C=O) groups is 2. The normalized spacial score (nSPS) is 11.6. The lowest BCUT2D eigenvalue weighted by Crippen LogP contribution is -2.34. The number of nitrogens with one attached hydrogen (secondary N) is 1. The van der Waals surface area contributed by atoms with Crippen LogP contribution in [-0.2, 0) is 9.59 Å². The van der Waals surface area contributed by atoms with E-state index < -0.39 is 0 Å². The van der Waals surface area contributed by atoms with Crippen LogP contribution in [0.15, 0.2) is 59.1 Å². The molecule has 0 saturated heterocycles. The van der Waals surface area contributed by atoms with E-state index in [1.54, 1.807) is 4.90 Å². The average Bonchev–Trinajstić information content (AvgIpc) is 2.57. The van der Waals surface area contributed by atoms with Crippen molar-refractivity contribution in [3.05, 3.63) is 64.6 Å². The van der Waals surface area contributed by atoms with E-state index in [0.29, 0.717) is 6.54 Å². The Morgan fingerprint density at radius 1 is 1.08 bits per heavy atom. The first-order chi connectivity index (χ1) is 11.5. The van der Waals surface area contributed by atoms with Gasteiger partial charge >= 0.3 is 0 Å². The van der Waals surface area contributed by atoms with Gasteiger partial charge in [-0.2, -0.15) is 0 Å². The van der Waals surface area contributed by atoms with E-state index in [1.807, 2.05) is 61.5 Å². The van der Waals surface area contributed by atoms with Crippen molar-refractivity contribution in [2.45, 2.75) is 26.3 Å². The molecule has 0 aliphatic rings. The van der Waals surface area contributed by atoms with Crippen LogP contribution in [0.5, 0.6) is 0 Å². The molecule has 0 heterocycles. The maximum Gasteiger partial charge on any atom is 0.223 e. The lowest BCUT2D eigenvalue weighted by Gasteiger charge is -2.23. The van der Waals surface area contributed by atoms with Crippen molar-refractivity contribution in [3.8, 4) is 0 Å². The fraction of sp³-hybridized carbons (Fsp3) is 0.263. The molecule has 0 aromatic heterocycles. The van der Waals surface area contributed by atoms with E-state index in [1.165, 1.54) is 6.92 Å². The number of halogens is 1. The number of hydrogen-bond donors (Lipinski definition) is 1. The van der Waals surface area contributed by atoms with Crippen LogP contribution in [0.1, 0.15) is 31.9 Å². The Labute approximate surface area is 151 Å². The number of para-hydroxylation sites is 1. The van der Waals surface area contributed by atoms with Crippen LogP contribution in [0.4, 0.5) is 5.69 Å². The predicted octanol–water partition coefficient (Wildman–Crippen LogP) is 4.07. The first kappa shape index (κ1) is 18.2. The van der Waals surface area contributed by atoms with Gasteiger partial charge in [-0.3, -0.25) is 9.59 Å². The van der Waals surface area contributed by atoms with Crippen LogP contribution in [0, 0.1) is 0 Å². The third-order valence-corrected chi connectivity index (χ3v) is 4.43. The minimum Gasteiger partial charge on any atom is -0.350 e. The Hall–Kier alpha value is -2.14. The minimum absolute atomic E-state index is 0.0621. The van der Waals surface area contributed by atoms with Gasteiger partial charge in [-0.05, 0) is 40.5 Å². The summed E-state index contributed by atoms with van der Waals surface area (Å²) in [5.41, 5.74) is 1.83. The summed E-state index contributed by atoms with van der Waals surface area (Å²) >= 11 is 3.45. The minimum atomic E-state index is -0.0918. The van der Waals surface area contributed by atoms with Crippen LogP contribution in [0.25, 0.3) is 0 Å². The van der Waals surface area contributed by atoms with Gasteiger partial charge in [0.2, 0.25) is 11.8 Å². The second-order valence-corrected chi connectivity index (χ2v) is 6.43. The Bertz CT molecular complexity index is 704. The van der Waals surface area contributed by atoms with E-state index >= 15 is 0 Å². The van der Waals surface area contributed by atoms with Gasteiger partial charge in [-0.1, -0.05) is 42.5 Å². The summed E-state index contributed by atoms with van der Waals surface area (Å²) in [6, 6.07) is 17.2. The summed E-state index contributed by atoms with van der Waals surface area (Å²) in [6.45, 7) is 3.79. The number of hydrogen-bond acceptors (Lipinski definition) is 2. The fourth-order valence-corrected chi connectivity index (χ4v) is 2.97. The number of rotatable bonds is 6. The highest BCUT2D eigenvalue weighted by molar-refractivity contribution is 9.10. The summed E-state index contributed by atoms with van der Waals surface area (Å²) in [4.78, 5) is 25.7. The van der Waals surface area contributed by atoms with Crippen molar-refractivity contribution in [1.82, 2.24) is 5.32 Å². The van der Waals surface area contributed by atoms with E-state index in [2.05, 4.69) is 21.2 Å². The summed E-state index contributed by atoms with van der Waals surface area (Å²) in [5.74, 6) is -0.171. The summed E-state index contributed by atoms with van der Waals surface area (Å²) in [6.07, 6.45) is 0.248. The first-order valence-electron chi connectivity index (χ1n) is 7.86. The molecule has 2 aromatic carbocycles. The molecule has 0 aliphatic carbocycles. The van der Waals surface area contributed by atoms with Gasteiger partial charge in [0.05, 0.1) is 11.7 Å². The molecule has 2 rings (SSSR count). The molecule has 2 amide bonds. The summed E-state index contributed by atoms with van der Waals surface area (Å²) < 4.78 is 0.832. The molecular formula is C19H21BrN2O2. The Balaban J connectivity index is 1.96. The summed E-state index contributed by atoms with van der Waals surface area (Å²) in [7, 11) is 0. The van der Waals surface area contributed by atoms with Crippen LogP contribution < -0.4 is 10.2 Å². The third-order valence-electron chi connectivity index (χ3n) is 3.76. The maximum absolute atomic E-state index is 12.2. The quantitative estimate of drug-likeness (QED) is 0.810. The molecule has 5 heteroatoms. The Morgan fingerprint density at radius 2 is 1.71 bits per heavy atom. The lowest BCUT2D eigenvalue weighted by molar-refractivity contribution is -0.121. The molecule has 2 aromatic rings. The number of anilines is 1. The molecule has 126 valence electrons. The Kier molecular flexibility index (Phi) is 6.55. The molecule has 0 bridgehead atoms. The second-order valence-electron chi connectivity index (χ2n) is 5.57. The number of carbonyl (C=O) groups excluding carboxylic acids is 2. The number of amides is 2. The number of benzene rings is 2. The monoisotopic (exact) mass is 388 g/mol. The highest BCUT2D eigenvalue weighted by Crippen LogP contribution is 2.26. The van der Waals surface area contributed by atoms with Gasteiger partial charge in [-0.25, -0.2) is 0 Å². The molecule has 1 N–H and O–H groups in total. The van der Waals surface area contributed by atoms with E-state index in [4.69, 9.17) is 0 Å². The fourth-order valence-electron chi connectivity index (χ4n) is 2.47. The SMILES string of the molecule is CC(=O)N(CCC(=O)NC(C)c1ccccc1)c1ccccc1Br. The predicted molar refractivity (Wildman–Crippen MR) is 99.8 cm³/mol. The van der Waals surface area contributed by atoms with Crippen LogP contribution in [0.3, 0.4) is 0 Å². The van der Waals surface area contributed by atoms with Gasteiger partial charge in [-0.15, -0.1) is 0 Å². The molecule has 24 heavy (non-hydrogen) atoms. The van der Waals surface area contributed by atoms with Gasteiger partial charge in [0.1, 0.15) is 0 Å². The van der Waals surface area contributed by atoms with E-state index in [0.717, 1.165) is 15.7 Å². The van der Waals surface area contributed by atoms with Crippen molar-refractivity contribution >= 4 is 33.4 Å². The van der Waals surface area contributed by atoms with Crippen molar-refractivity contribution < 1.29 is 9.59 Å². The zero-order valence-corrected chi connectivity index (χ0v) is 15.4. The molecule has 0 aliphatic heterocycles. The molecule has 0 radical (unpaired) electrons. The van der Waals surface area contributed by atoms with Crippen LogP contribution in [-0.4, -0.2) is 18.4 Å². The van der Waals surface area contributed by atoms with Gasteiger partial charge in [0, 0.05) is 24.4 Å². The highest BCUT2D eigenvalue weighted by Gasteiger charge is 2.16. The molecular weight excluding hydrogens is 368 g/mol. The molecule has 0 saturated carbocycles. The van der Waals surface area contributed by atoms with Crippen molar-refractivity contribution in [1.29, 1.82) is 0 Å². The zero-order chi connectivity index (χ0) is 17.5. The van der Waals surface area contributed by atoms with E-state index in [9.17, 15) is 9.59 Å². The lowest BCUT2D eigenvalue weighted by atomic mass is 10.1. The van der Waals surface area contributed by atoms with Crippen molar-refractivity contribution in [3.63, 3.8) is 0 Å². The van der Waals surface area contributed by atoms with Gasteiger partial charge in [0.15, 0.2) is 0 Å². The zero-order valence-electron chi connectivity index (χ0n) is 13.8. The number of nitrogens with zero attached hydrogens (tertiary/aromatic N) is 1. The highest BCUT2D eigenvalue weighted by atomic mass is 79.9. The van der Waals surface area contributed by atoms with Crippen LogP contribution in [0.2, 0.25) is 0 Å². The average molecular weight is 389 g/mol. The van der Waals surface area contributed by atoms with Crippen molar-refractivity contribution in [2.75, 3.05) is 11.4 Å². The largest absolute Gasteiger partial charge is 0.350 e. The summed E-state index contributed by atoms with van der Waals surface area (Å²) in [5, 5.41) is 2.97. The molecule has 0 spiro atoms. The molecule has 1 atom stereocenters. The van der Waals surface area contributed by atoms with Crippen molar-refractivity contribution in [2.24, 2.45) is 0 Å². The topological polar surface area (TPSA) is 49.4 Å². The van der Waals surface area contributed by atoms with Gasteiger partial charge in [0.25, 0.3) is 0 Å². The maximum atomic E-state index is 12.2. The molecule has 1 unspecified atom stereocenters. The smallest absolute Gasteiger partial charge is 0.223 e. The standard InChI is InChI=1S/C19H21BrN2O2/c1-14(16-8-4-3-5-9-16)21-19(24)12-13-22(15(2)23)18-11-7-6-10-17(18)20/h3-11,14H,12-13H2,1-2H3,(H,21,24).